The molecule has 5 nitrogen and oxygen atoms in total. The number of methoxy groups -OCH3 is 1. The fourth-order valence-electron chi connectivity index (χ4n) is 11.2. The van der Waals surface area contributed by atoms with Gasteiger partial charge in [-0.25, -0.2) is 0 Å². The lowest BCUT2D eigenvalue weighted by molar-refractivity contribution is -0.233. The van der Waals surface area contributed by atoms with Gasteiger partial charge in [-0.3, -0.25) is 14.4 Å². The zero-order chi connectivity index (χ0) is 27.4. The van der Waals surface area contributed by atoms with E-state index in [-0.39, 0.29) is 57.1 Å². The third-order valence-corrected chi connectivity index (χ3v) is 13.3. The van der Waals surface area contributed by atoms with Crippen LogP contribution in [-0.2, 0) is 19.1 Å². The Morgan fingerprint density at radius 2 is 1.57 bits per heavy atom. The van der Waals surface area contributed by atoms with Gasteiger partial charge in [0.15, 0.2) is 5.78 Å². The zero-order valence-electron chi connectivity index (χ0n) is 24.3. The Balaban J connectivity index is 1.62. The van der Waals surface area contributed by atoms with E-state index in [2.05, 4.69) is 34.6 Å². The molecule has 0 heterocycles. The number of carbonyl (C=O) groups excluding carboxylic acids is 3. The molecule has 5 saturated carbocycles. The van der Waals surface area contributed by atoms with Crippen molar-refractivity contribution in [2.24, 2.45) is 56.2 Å². The number of hydrogen-bond acceptors (Lipinski definition) is 5. The molecule has 206 valence electrons. The van der Waals surface area contributed by atoms with Crippen molar-refractivity contribution in [3.05, 3.63) is 11.8 Å². The van der Waals surface area contributed by atoms with Gasteiger partial charge in [-0.05, 0) is 90.8 Å². The van der Waals surface area contributed by atoms with Gasteiger partial charge in [-0.15, -0.1) is 0 Å². The van der Waals surface area contributed by atoms with Gasteiger partial charge < -0.3 is 9.84 Å². The van der Waals surface area contributed by atoms with Gasteiger partial charge in [-0.2, -0.15) is 0 Å². The van der Waals surface area contributed by atoms with Crippen LogP contribution in [0.25, 0.3) is 0 Å². The molecule has 0 saturated heterocycles. The average Bonchev–Trinajstić information content (AvgIpc) is 2.82. The molecule has 0 bridgehead atoms. The Bertz CT molecular complexity index is 1070. The Morgan fingerprint density at radius 3 is 2.19 bits per heavy atom. The number of ketones is 2. The summed E-state index contributed by atoms with van der Waals surface area (Å²) in [4.78, 5) is 41.1. The SMILES string of the molecule is COC(=O)[C@]12CCC(C)(C)CC1C1C(=O)C[C@@H]3[C@@]4(C)C/C(=C\O)C(=O)C(C)(C)[C@@H]4CC[C@@]3(C)[C@]1(C)CC2. The molecule has 1 N–H and O–H groups in total. The Morgan fingerprint density at radius 1 is 0.919 bits per heavy atom. The third-order valence-electron chi connectivity index (χ3n) is 13.3. The van der Waals surface area contributed by atoms with E-state index >= 15 is 0 Å². The highest BCUT2D eigenvalue weighted by Gasteiger charge is 2.73. The van der Waals surface area contributed by atoms with Crippen LogP contribution in [0.5, 0.6) is 0 Å². The first-order chi connectivity index (χ1) is 17.0. The molecule has 5 aliphatic rings. The summed E-state index contributed by atoms with van der Waals surface area (Å²) in [6.45, 7) is 15.7. The maximum Gasteiger partial charge on any atom is 0.312 e. The summed E-state index contributed by atoms with van der Waals surface area (Å²) in [5.74, 6) is 0.425. The number of esters is 1. The maximum absolute atomic E-state index is 14.5. The van der Waals surface area contributed by atoms with Gasteiger partial charge in [0.1, 0.15) is 5.78 Å². The van der Waals surface area contributed by atoms with Crippen LogP contribution < -0.4 is 0 Å². The number of allylic oxidation sites excluding steroid dienone is 1. The number of aliphatic hydroxyl groups excluding tert-OH is 1. The summed E-state index contributed by atoms with van der Waals surface area (Å²) in [5, 5.41) is 10.0. The lowest BCUT2D eigenvalue weighted by atomic mass is 9.31. The monoisotopic (exact) mass is 512 g/mol. The molecule has 0 aliphatic heterocycles. The molecule has 0 spiro atoms. The summed E-state index contributed by atoms with van der Waals surface area (Å²) in [5.41, 5.74) is -1.06. The van der Waals surface area contributed by atoms with Gasteiger partial charge in [-0.1, -0.05) is 48.5 Å². The quantitative estimate of drug-likeness (QED) is 0.236. The van der Waals surface area contributed by atoms with E-state index in [1.165, 1.54) is 7.11 Å². The standard InChI is InChI=1S/C32H48O5/c1-27(2)11-13-32(26(36)37-8)14-12-31(7)24(20(32)17-27)21(34)15-23-29(5)16-19(18-33)25(35)28(3,4)22(29)9-10-30(23,31)6/h18,20,22-24,33H,9-17H2,1-8H3/b19-18+/t20?,22-,23+,24?,29-,30+,31+,32-/m0/s1. The van der Waals surface area contributed by atoms with E-state index in [1.807, 2.05) is 13.8 Å². The van der Waals surface area contributed by atoms with Crippen LogP contribution in [0.3, 0.4) is 0 Å². The Labute approximate surface area is 223 Å². The second kappa shape index (κ2) is 7.94. The second-order valence-electron chi connectivity index (χ2n) is 15.6. The second-order valence-corrected chi connectivity index (χ2v) is 15.6. The van der Waals surface area contributed by atoms with Crippen LogP contribution in [0.1, 0.15) is 106 Å². The third kappa shape index (κ3) is 3.24. The Kier molecular flexibility index (Phi) is 5.78. The zero-order valence-corrected chi connectivity index (χ0v) is 24.3. The largest absolute Gasteiger partial charge is 0.515 e. The first-order valence-electron chi connectivity index (χ1n) is 14.5. The molecule has 5 fully saturated rings. The summed E-state index contributed by atoms with van der Waals surface area (Å²) < 4.78 is 5.43. The van der Waals surface area contributed by atoms with Gasteiger partial charge in [0.25, 0.3) is 0 Å². The van der Waals surface area contributed by atoms with Crippen LogP contribution in [0.2, 0.25) is 0 Å². The van der Waals surface area contributed by atoms with Crippen LogP contribution in [0.15, 0.2) is 11.8 Å². The fraction of sp³-hybridized carbons (Fsp3) is 0.844. The van der Waals surface area contributed by atoms with Crippen molar-refractivity contribution >= 4 is 17.5 Å². The summed E-state index contributed by atoms with van der Waals surface area (Å²) in [6, 6.07) is 0. The average molecular weight is 513 g/mol. The van der Waals surface area contributed by atoms with Crippen molar-refractivity contribution in [2.45, 2.75) is 106 Å². The van der Waals surface area contributed by atoms with Crippen LogP contribution in [0.4, 0.5) is 0 Å². The van der Waals surface area contributed by atoms with E-state index < -0.39 is 10.8 Å². The van der Waals surface area contributed by atoms with Gasteiger partial charge in [0.05, 0.1) is 18.8 Å². The van der Waals surface area contributed by atoms with Crippen molar-refractivity contribution in [3.8, 4) is 0 Å². The molecule has 0 aromatic heterocycles. The predicted molar refractivity (Wildman–Crippen MR) is 143 cm³/mol. The van der Waals surface area contributed by atoms with E-state index in [0.29, 0.717) is 24.2 Å². The number of rotatable bonds is 1. The molecule has 0 aromatic rings. The Hall–Kier alpha value is -1.65. The van der Waals surface area contributed by atoms with Gasteiger partial charge >= 0.3 is 5.97 Å². The van der Waals surface area contributed by atoms with E-state index in [1.54, 1.807) is 0 Å². The number of aliphatic hydroxyl groups is 1. The number of Topliss-reactive ketones (excluding diaryl/α,β-unsaturated/α-hetero) is 2. The van der Waals surface area contributed by atoms with E-state index in [4.69, 9.17) is 4.74 Å². The normalized spacial score (nSPS) is 49.4. The van der Waals surface area contributed by atoms with Crippen LogP contribution in [-0.4, -0.2) is 29.8 Å². The van der Waals surface area contributed by atoms with Crippen molar-refractivity contribution in [3.63, 3.8) is 0 Å². The molecule has 0 amide bonds. The molecule has 5 heteroatoms. The minimum Gasteiger partial charge on any atom is -0.515 e. The summed E-state index contributed by atoms with van der Waals surface area (Å²) in [6.07, 6.45) is 8.32. The molecule has 8 atom stereocenters. The molecule has 0 radical (unpaired) electrons. The first kappa shape index (κ1) is 26.9. The minimum absolute atomic E-state index is 0.00975. The maximum atomic E-state index is 14.5. The lowest BCUT2D eigenvalue weighted by Gasteiger charge is -2.72. The molecule has 0 aromatic carbocycles. The van der Waals surface area contributed by atoms with Crippen LogP contribution in [0, 0.1) is 56.2 Å². The molecule has 2 unspecified atom stereocenters. The molecular formula is C32H48O5. The summed E-state index contributed by atoms with van der Waals surface area (Å²) >= 11 is 0. The smallest absolute Gasteiger partial charge is 0.312 e. The highest BCUT2D eigenvalue weighted by atomic mass is 16.5. The molecular weight excluding hydrogens is 464 g/mol. The van der Waals surface area contributed by atoms with E-state index in [0.717, 1.165) is 51.2 Å². The van der Waals surface area contributed by atoms with Gasteiger partial charge in [0, 0.05) is 23.3 Å². The predicted octanol–water partition coefficient (Wildman–Crippen LogP) is 6.84. The van der Waals surface area contributed by atoms with E-state index in [9.17, 15) is 19.5 Å². The lowest BCUT2D eigenvalue weighted by Crippen LogP contribution is -2.69. The molecule has 5 rings (SSSR count). The van der Waals surface area contributed by atoms with Crippen LogP contribution >= 0.6 is 0 Å². The summed E-state index contributed by atoms with van der Waals surface area (Å²) in [7, 11) is 1.50. The molecule has 5 aliphatic carbocycles. The van der Waals surface area contributed by atoms with Gasteiger partial charge in [0.2, 0.25) is 0 Å². The van der Waals surface area contributed by atoms with Crippen molar-refractivity contribution < 1.29 is 24.2 Å². The molecule has 37 heavy (non-hydrogen) atoms. The number of fused-ring (bicyclic) bond motifs is 7. The topological polar surface area (TPSA) is 80.7 Å². The number of ether oxygens (including phenoxy) is 1. The first-order valence-corrected chi connectivity index (χ1v) is 14.5. The highest BCUT2D eigenvalue weighted by molar-refractivity contribution is 6.00. The van der Waals surface area contributed by atoms with Crippen molar-refractivity contribution in [2.75, 3.05) is 7.11 Å². The fourth-order valence-corrected chi connectivity index (χ4v) is 11.2. The highest BCUT2D eigenvalue weighted by Crippen LogP contribution is 2.76. The van der Waals surface area contributed by atoms with Crippen molar-refractivity contribution in [1.82, 2.24) is 0 Å². The number of carbonyl (C=O) groups is 3. The van der Waals surface area contributed by atoms with Crippen molar-refractivity contribution in [1.29, 1.82) is 0 Å². The number of hydrogen-bond donors (Lipinski definition) is 1. The minimum atomic E-state index is -0.566.